The summed E-state index contributed by atoms with van der Waals surface area (Å²) >= 11 is 0. The summed E-state index contributed by atoms with van der Waals surface area (Å²) in [6.45, 7) is 12.2. The molecule has 120 valence electrons. The third kappa shape index (κ3) is 7.49. The summed E-state index contributed by atoms with van der Waals surface area (Å²) in [5.74, 6) is 0.904. The molecule has 0 spiro atoms. The van der Waals surface area contributed by atoms with Gasteiger partial charge >= 0.3 is 0 Å². The molecule has 0 radical (unpaired) electrons. The van der Waals surface area contributed by atoms with Crippen molar-refractivity contribution in [3.8, 4) is 0 Å². The lowest BCUT2D eigenvalue weighted by Crippen LogP contribution is -2.45. The van der Waals surface area contributed by atoms with E-state index in [9.17, 15) is 4.79 Å². The molecule has 1 saturated heterocycles. The van der Waals surface area contributed by atoms with E-state index in [1.165, 1.54) is 12.8 Å². The highest BCUT2D eigenvalue weighted by molar-refractivity contribution is 5.85. The van der Waals surface area contributed by atoms with Crippen LogP contribution in [0, 0.1) is 11.3 Å². The van der Waals surface area contributed by atoms with Gasteiger partial charge in [0.05, 0.1) is 0 Å². The average molecular weight is 305 g/mol. The maximum Gasteiger partial charge on any atom is 0.221 e. The van der Waals surface area contributed by atoms with Gasteiger partial charge in [0.25, 0.3) is 0 Å². The van der Waals surface area contributed by atoms with Crippen molar-refractivity contribution in [3.05, 3.63) is 0 Å². The van der Waals surface area contributed by atoms with Crippen molar-refractivity contribution < 1.29 is 4.79 Å². The molecule has 1 rings (SSSR count). The van der Waals surface area contributed by atoms with Crippen LogP contribution in [0.3, 0.4) is 0 Å². The molecule has 2 unspecified atom stereocenters. The zero-order valence-corrected chi connectivity index (χ0v) is 14.6. The minimum absolute atomic E-state index is 0. The summed E-state index contributed by atoms with van der Waals surface area (Å²) in [6, 6.07) is 0.675. The third-order valence-corrected chi connectivity index (χ3v) is 4.01. The van der Waals surface area contributed by atoms with Crippen LogP contribution >= 0.6 is 12.4 Å². The van der Waals surface area contributed by atoms with Gasteiger partial charge < -0.3 is 10.6 Å². The van der Waals surface area contributed by atoms with Crippen molar-refractivity contribution in [2.24, 2.45) is 11.3 Å². The van der Waals surface area contributed by atoms with Crippen molar-refractivity contribution in [3.63, 3.8) is 0 Å². The lowest BCUT2D eigenvalue weighted by Gasteiger charge is -2.32. The van der Waals surface area contributed by atoms with Gasteiger partial charge in [0, 0.05) is 18.5 Å². The van der Waals surface area contributed by atoms with Gasteiger partial charge in [0.1, 0.15) is 0 Å². The maximum absolute atomic E-state index is 12.1. The second-order valence-electron chi connectivity index (χ2n) is 7.45. The minimum atomic E-state index is 0. The van der Waals surface area contributed by atoms with Gasteiger partial charge in [-0.3, -0.25) is 4.79 Å². The number of rotatable bonds is 6. The van der Waals surface area contributed by atoms with Gasteiger partial charge in [-0.15, -0.1) is 12.4 Å². The number of nitrogens with one attached hydrogen (secondary N) is 2. The van der Waals surface area contributed by atoms with E-state index in [1.807, 2.05) is 0 Å². The molecule has 1 heterocycles. The SMILES string of the molecule is CC(C)CCC(NC(=O)CC1CCCN1)C(C)(C)C.Cl. The summed E-state index contributed by atoms with van der Waals surface area (Å²) in [6.07, 6.45) is 5.22. The summed E-state index contributed by atoms with van der Waals surface area (Å²) in [5.41, 5.74) is 0.133. The highest BCUT2D eigenvalue weighted by Gasteiger charge is 2.27. The smallest absolute Gasteiger partial charge is 0.221 e. The molecule has 1 aliphatic rings. The molecular weight excluding hydrogens is 272 g/mol. The van der Waals surface area contributed by atoms with E-state index in [-0.39, 0.29) is 29.8 Å². The summed E-state index contributed by atoms with van der Waals surface area (Å²) < 4.78 is 0. The topological polar surface area (TPSA) is 41.1 Å². The molecule has 0 saturated carbocycles. The molecular formula is C16H33ClN2O. The predicted molar refractivity (Wildman–Crippen MR) is 88.3 cm³/mol. The molecule has 0 aromatic carbocycles. The highest BCUT2D eigenvalue weighted by atomic mass is 35.5. The molecule has 0 aliphatic carbocycles. The van der Waals surface area contributed by atoms with Crippen LogP contribution in [0.1, 0.15) is 66.7 Å². The van der Waals surface area contributed by atoms with E-state index < -0.39 is 0 Å². The Labute approximate surface area is 131 Å². The van der Waals surface area contributed by atoms with Gasteiger partial charge in [-0.2, -0.15) is 0 Å². The molecule has 0 bridgehead atoms. The fourth-order valence-corrected chi connectivity index (χ4v) is 2.63. The van der Waals surface area contributed by atoms with Gasteiger partial charge in [-0.05, 0) is 43.6 Å². The molecule has 0 aromatic rings. The normalized spacial score (nSPS) is 20.6. The predicted octanol–water partition coefficient (Wildman–Crippen LogP) is 3.52. The van der Waals surface area contributed by atoms with Crippen LogP contribution in [0.2, 0.25) is 0 Å². The van der Waals surface area contributed by atoms with Crippen molar-refractivity contribution >= 4 is 18.3 Å². The van der Waals surface area contributed by atoms with E-state index in [4.69, 9.17) is 0 Å². The Bertz CT molecular complexity index is 281. The van der Waals surface area contributed by atoms with E-state index in [1.54, 1.807) is 0 Å². The summed E-state index contributed by atoms with van der Waals surface area (Å²) in [5, 5.41) is 6.65. The fourth-order valence-electron chi connectivity index (χ4n) is 2.63. The van der Waals surface area contributed by atoms with E-state index in [0.29, 0.717) is 18.4 Å². The average Bonchev–Trinajstić information content (AvgIpc) is 2.74. The second-order valence-corrected chi connectivity index (χ2v) is 7.45. The minimum Gasteiger partial charge on any atom is -0.353 e. The first-order chi connectivity index (χ1) is 8.79. The van der Waals surface area contributed by atoms with E-state index in [0.717, 1.165) is 19.4 Å². The monoisotopic (exact) mass is 304 g/mol. The van der Waals surface area contributed by atoms with Crippen LogP contribution in [-0.2, 0) is 4.79 Å². The van der Waals surface area contributed by atoms with E-state index >= 15 is 0 Å². The van der Waals surface area contributed by atoms with Crippen LogP contribution in [0.5, 0.6) is 0 Å². The Morgan fingerprint density at radius 3 is 2.40 bits per heavy atom. The first-order valence-corrected chi connectivity index (χ1v) is 7.81. The Morgan fingerprint density at radius 2 is 1.95 bits per heavy atom. The lowest BCUT2D eigenvalue weighted by molar-refractivity contribution is -0.123. The largest absolute Gasteiger partial charge is 0.353 e. The van der Waals surface area contributed by atoms with Crippen molar-refractivity contribution in [1.82, 2.24) is 10.6 Å². The van der Waals surface area contributed by atoms with E-state index in [2.05, 4.69) is 45.3 Å². The van der Waals surface area contributed by atoms with Crippen molar-refractivity contribution in [1.29, 1.82) is 0 Å². The first-order valence-electron chi connectivity index (χ1n) is 7.81. The van der Waals surface area contributed by atoms with Crippen LogP contribution in [-0.4, -0.2) is 24.5 Å². The third-order valence-electron chi connectivity index (χ3n) is 4.01. The van der Waals surface area contributed by atoms with Crippen LogP contribution < -0.4 is 10.6 Å². The van der Waals surface area contributed by atoms with Crippen molar-refractivity contribution in [2.75, 3.05) is 6.54 Å². The Hall–Kier alpha value is -0.280. The van der Waals surface area contributed by atoms with Crippen LogP contribution in [0.15, 0.2) is 0 Å². The second kappa shape index (κ2) is 8.89. The van der Waals surface area contributed by atoms with Gasteiger partial charge in [0.2, 0.25) is 5.91 Å². The molecule has 2 N–H and O–H groups in total. The van der Waals surface area contributed by atoms with Gasteiger partial charge in [-0.1, -0.05) is 34.6 Å². The molecule has 0 aromatic heterocycles. The molecule has 2 atom stereocenters. The van der Waals surface area contributed by atoms with Crippen LogP contribution in [0.25, 0.3) is 0 Å². The lowest BCUT2D eigenvalue weighted by atomic mass is 9.82. The number of halogens is 1. The maximum atomic E-state index is 12.1. The van der Waals surface area contributed by atoms with Gasteiger partial charge in [-0.25, -0.2) is 0 Å². The summed E-state index contributed by atoms with van der Waals surface area (Å²) in [7, 11) is 0. The molecule has 4 heteroatoms. The van der Waals surface area contributed by atoms with Gasteiger partial charge in [0.15, 0.2) is 0 Å². The standard InChI is InChI=1S/C16H32N2O.ClH/c1-12(2)8-9-14(16(3,4)5)18-15(19)11-13-7-6-10-17-13;/h12-14,17H,6-11H2,1-5H3,(H,18,19);1H. The fraction of sp³-hybridized carbons (Fsp3) is 0.938. The van der Waals surface area contributed by atoms with Crippen LogP contribution in [0.4, 0.5) is 0 Å². The number of hydrogen-bond acceptors (Lipinski definition) is 2. The zero-order chi connectivity index (χ0) is 14.5. The Balaban J connectivity index is 0.00000361. The summed E-state index contributed by atoms with van der Waals surface area (Å²) in [4.78, 5) is 12.1. The molecule has 1 fully saturated rings. The molecule has 1 aliphatic heterocycles. The molecule has 1 amide bonds. The quantitative estimate of drug-likeness (QED) is 0.788. The number of carbonyl (C=O) groups excluding carboxylic acids is 1. The highest BCUT2D eigenvalue weighted by Crippen LogP contribution is 2.24. The molecule has 3 nitrogen and oxygen atoms in total. The Kier molecular flexibility index (Phi) is 8.76. The Morgan fingerprint density at radius 1 is 1.30 bits per heavy atom. The number of amides is 1. The first kappa shape index (κ1) is 19.7. The van der Waals surface area contributed by atoms with Crippen molar-refractivity contribution in [2.45, 2.75) is 78.8 Å². The number of hydrogen-bond donors (Lipinski definition) is 2. The number of carbonyl (C=O) groups is 1. The zero-order valence-electron chi connectivity index (χ0n) is 13.8. The molecule has 20 heavy (non-hydrogen) atoms.